The molecule has 21 heavy (non-hydrogen) atoms. The summed E-state index contributed by atoms with van der Waals surface area (Å²) in [4.78, 5) is 1.97. The summed E-state index contributed by atoms with van der Waals surface area (Å²) in [5, 5.41) is 10.6. The highest BCUT2D eigenvalue weighted by molar-refractivity contribution is 5.56. The molecule has 0 saturated carbocycles. The van der Waals surface area contributed by atoms with Gasteiger partial charge in [-0.1, -0.05) is 0 Å². The normalized spacial score (nSPS) is 19.3. The molecule has 1 aromatic carbocycles. The number of likely N-dealkylation sites (N-methyl/N-ethyl adjacent to an activating group) is 1. The Kier molecular flexibility index (Phi) is 4.86. The quantitative estimate of drug-likeness (QED) is 0.893. The predicted octanol–water partition coefficient (Wildman–Crippen LogP) is 2.13. The van der Waals surface area contributed by atoms with E-state index in [2.05, 4.69) is 0 Å². The van der Waals surface area contributed by atoms with E-state index in [9.17, 15) is 9.50 Å². The molecule has 0 aliphatic carbocycles. The van der Waals surface area contributed by atoms with Gasteiger partial charge in [-0.05, 0) is 37.1 Å². The van der Waals surface area contributed by atoms with Crippen LogP contribution in [0.25, 0.3) is 0 Å². The molecule has 0 bridgehead atoms. The van der Waals surface area contributed by atoms with Crippen LogP contribution in [0.15, 0.2) is 12.1 Å². The van der Waals surface area contributed by atoms with Gasteiger partial charge in [-0.15, -0.1) is 0 Å². The van der Waals surface area contributed by atoms with Crippen molar-refractivity contribution >= 4 is 5.69 Å². The molecule has 1 saturated heterocycles. The SMILES string of the molecule is Cc1cc(N(C)CC2(O)CCOCC2)c([C@H](C)N)cc1F. The van der Waals surface area contributed by atoms with E-state index in [1.807, 2.05) is 18.9 Å². The molecule has 4 nitrogen and oxygen atoms in total. The topological polar surface area (TPSA) is 58.7 Å². The molecule has 3 N–H and O–H groups in total. The fraction of sp³-hybridized carbons (Fsp3) is 0.625. The zero-order valence-corrected chi connectivity index (χ0v) is 13.0. The number of aliphatic hydroxyl groups is 1. The standard InChI is InChI=1S/C16H25FN2O2/c1-11-8-15(13(12(2)18)9-14(11)17)19(3)10-16(20)4-6-21-7-5-16/h8-9,12,20H,4-7,10,18H2,1-3H3/t12-/m0/s1. The zero-order chi connectivity index (χ0) is 15.6. The molecule has 0 radical (unpaired) electrons. The minimum absolute atomic E-state index is 0.246. The van der Waals surface area contributed by atoms with Crippen LogP contribution in [-0.4, -0.2) is 37.5 Å². The third-order valence-electron chi connectivity index (χ3n) is 4.16. The van der Waals surface area contributed by atoms with Gasteiger partial charge < -0.3 is 20.5 Å². The van der Waals surface area contributed by atoms with Gasteiger partial charge >= 0.3 is 0 Å². The van der Waals surface area contributed by atoms with Gasteiger partial charge in [0.15, 0.2) is 0 Å². The second kappa shape index (κ2) is 6.30. The van der Waals surface area contributed by atoms with Gasteiger partial charge in [0.2, 0.25) is 0 Å². The highest BCUT2D eigenvalue weighted by Crippen LogP contribution is 2.30. The van der Waals surface area contributed by atoms with Gasteiger partial charge in [0, 0.05) is 51.4 Å². The molecule has 1 aromatic rings. The Morgan fingerprint density at radius 3 is 2.62 bits per heavy atom. The average molecular weight is 296 g/mol. The van der Waals surface area contributed by atoms with Gasteiger partial charge in [0.1, 0.15) is 5.82 Å². The van der Waals surface area contributed by atoms with Crippen LogP contribution in [0.5, 0.6) is 0 Å². The van der Waals surface area contributed by atoms with E-state index in [0.29, 0.717) is 38.2 Å². The van der Waals surface area contributed by atoms with Crippen molar-refractivity contribution in [3.63, 3.8) is 0 Å². The first kappa shape index (κ1) is 16.2. The molecular weight excluding hydrogens is 271 g/mol. The zero-order valence-electron chi connectivity index (χ0n) is 13.0. The molecule has 1 fully saturated rings. The van der Waals surface area contributed by atoms with Crippen molar-refractivity contribution in [1.29, 1.82) is 0 Å². The summed E-state index contributed by atoms with van der Waals surface area (Å²) in [5.41, 5.74) is 7.42. The lowest BCUT2D eigenvalue weighted by Crippen LogP contribution is -2.46. The Morgan fingerprint density at radius 2 is 2.05 bits per heavy atom. The van der Waals surface area contributed by atoms with Crippen molar-refractivity contribution < 1.29 is 14.2 Å². The van der Waals surface area contributed by atoms with Gasteiger partial charge in [-0.2, -0.15) is 0 Å². The maximum atomic E-state index is 13.8. The van der Waals surface area contributed by atoms with Crippen LogP contribution >= 0.6 is 0 Å². The smallest absolute Gasteiger partial charge is 0.126 e. The van der Waals surface area contributed by atoms with Crippen molar-refractivity contribution in [2.24, 2.45) is 5.73 Å². The number of hydrogen-bond acceptors (Lipinski definition) is 4. The third-order valence-corrected chi connectivity index (χ3v) is 4.16. The summed E-state index contributed by atoms with van der Waals surface area (Å²) in [6.07, 6.45) is 1.23. The number of nitrogens with zero attached hydrogens (tertiary/aromatic N) is 1. The van der Waals surface area contributed by atoms with E-state index in [4.69, 9.17) is 10.5 Å². The Bertz CT molecular complexity index is 499. The largest absolute Gasteiger partial charge is 0.388 e. The number of halogens is 1. The molecule has 1 heterocycles. The third kappa shape index (κ3) is 3.73. The van der Waals surface area contributed by atoms with E-state index in [-0.39, 0.29) is 11.9 Å². The van der Waals surface area contributed by atoms with Crippen molar-refractivity contribution in [2.45, 2.75) is 38.3 Å². The predicted molar refractivity (Wildman–Crippen MR) is 82.0 cm³/mol. The summed E-state index contributed by atoms with van der Waals surface area (Å²) >= 11 is 0. The van der Waals surface area contributed by atoms with E-state index in [1.165, 1.54) is 6.07 Å². The molecule has 5 heteroatoms. The Balaban J connectivity index is 2.25. The highest BCUT2D eigenvalue weighted by Gasteiger charge is 2.31. The number of hydrogen-bond donors (Lipinski definition) is 2. The fourth-order valence-electron chi connectivity index (χ4n) is 2.81. The first-order valence-corrected chi connectivity index (χ1v) is 7.39. The lowest BCUT2D eigenvalue weighted by atomic mass is 9.93. The number of aryl methyl sites for hydroxylation is 1. The van der Waals surface area contributed by atoms with E-state index >= 15 is 0 Å². The van der Waals surface area contributed by atoms with Crippen LogP contribution in [0.4, 0.5) is 10.1 Å². The Labute approximate surface area is 125 Å². The van der Waals surface area contributed by atoms with Crippen LogP contribution < -0.4 is 10.6 Å². The van der Waals surface area contributed by atoms with Crippen LogP contribution in [0.3, 0.4) is 0 Å². The van der Waals surface area contributed by atoms with E-state index in [1.54, 1.807) is 13.0 Å². The number of nitrogens with two attached hydrogens (primary N) is 1. The van der Waals surface area contributed by atoms with Crippen LogP contribution in [0.2, 0.25) is 0 Å². The van der Waals surface area contributed by atoms with Crippen LogP contribution in [0.1, 0.15) is 36.9 Å². The number of anilines is 1. The van der Waals surface area contributed by atoms with Gasteiger partial charge in [-0.25, -0.2) is 4.39 Å². The van der Waals surface area contributed by atoms with Crippen molar-refractivity contribution in [2.75, 3.05) is 31.7 Å². The number of benzene rings is 1. The first-order valence-electron chi connectivity index (χ1n) is 7.39. The monoisotopic (exact) mass is 296 g/mol. The molecule has 1 aliphatic heterocycles. The average Bonchev–Trinajstić information content (AvgIpc) is 2.41. The summed E-state index contributed by atoms with van der Waals surface area (Å²) in [7, 11) is 1.91. The Hall–Kier alpha value is -1.17. The molecule has 0 spiro atoms. The van der Waals surface area contributed by atoms with Gasteiger partial charge in [0.25, 0.3) is 0 Å². The minimum Gasteiger partial charge on any atom is -0.388 e. The number of rotatable bonds is 4. The maximum absolute atomic E-state index is 13.8. The molecule has 1 aliphatic rings. The summed E-state index contributed by atoms with van der Waals surface area (Å²) in [6, 6.07) is 3.04. The minimum atomic E-state index is -0.760. The van der Waals surface area contributed by atoms with Crippen LogP contribution in [-0.2, 0) is 4.74 Å². The molecule has 0 unspecified atom stereocenters. The molecule has 2 rings (SSSR count). The summed E-state index contributed by atoms with van der Waals surface area (Å²) < 4.78 is 19.1. The van der Waals surface area contributed by atoms with Crippen molar-refractivity contribution in [1.82, 2.24) is 0 Å². The second-order valence-corrected chi connectivity index (χ2v) is 6.14. The lowest BCUT2D eigenvalue weighted by molar-refractivity contribution is -0.0572. The van der Waals surface area contributed by atoms with Crippen molar-refractivity contribution in [3.05, 3.63) is 29.1 Å². The van der Waals surface area contributed by atoms with Gasteiger partial charge in [0.05, 0.1) is 5.60 Å². The summed E-state index contributed by atoms with van der Waals surface area (Å²) in [6.45, 7) is 5.21. The maximum Gasteiger partial charge on any atom is 0.126 e. The highest BCUT2D eigenvalue weighted by atomic mass is 19.1. The van der Waals surface area contributed by atoms with Crippen molar-refractivity contribution in [3.8, 4) is 0 Å². The summed E-state index contributed by atoms with van der Waals surface area (Å²) in [5.74, 6) is -0.246. The fourth-order valence-corrected chi connectivity index (χ4v) is 2.81. The van der Waals surface area contributed by atoms with Gasteiger partial charge in [-0.3, -0.25) is 0 Å². The lowest BCUT2D eigenvalue weighted by Gasteiger charge is -2.37. The molecule has 1 atom stereocenters. The first-order chi connectivity index (χ1) is 9.82. The molecule has 0 amide bonds. The Morgan fingerprint density at radius 1 is 1.43 bits per heavy atom. The second-order valence-electron chi connectivity index (χ2n) is 6.14. The molecule has 118 valence electrons. The van der Waals surface area contributed by atoms with E-state index < -0.39 is 5.60 Å². The molecular formula is C16H25FN2O2. The van der Waals surface area contributed by atoms with E-state index in [0.717, 1.165) is 11.3 Å². The number of ether oxygens (including phenoxy) is 1. The molecule has 0 aromatic heterocycles. The van der Waals surface area contributed by atoms with Crippen LogP contribution in [0, 0.1) is 12.7 Å².